The van der Waals surface area contributed by atoms with E-state index in [9.17, 15) is 0 Å². The van der Waals surface area contributed by atoms with E-state index in [1.807, 2.05) is 30.3 Å². The van der Waals surface area contributed by atoms with E-state index < -0.39 is 0 Å². The predicted molar refractivity (Wildman–Crippen MR) is 86.6 cm³/mol. The molecular weight excluding hydrogens is 230 g/mol. The molecule has 0 radical (unpaired) electrons. The van der Waals surface area contributed by atoms with Crippen molar-refractivity contribution in [1.29, 1.82) is 0 Å². The zero-order valence-electron chi connectivity index (χ0n) is 10.7. The first-order chi connectivity index (χ1) is 7.93. The topological polar surface area (TPSA) is 26.0 Å². The number of halogens is 1. The molecule has 1 aromatic rings. The minimum Gasteiger partial charge on any atom is -0.326 e. The first-order valence-electron chi connectivity index (χ1n) is 4.67. The molecule has 98 valence electrons. The van der Waals surface area contributed by atoms with Crippen LogP contribution in [0.3, 0.4) is 0 Å². The third-order valence-corrected chi connectivity index (χ3v) is 1.08. The molecule has 0 saturated carbocycles. The molecule has 2 heteroatoms. The highest BCUT2D eigenvalue weighted by atomic mass is 35.5. The molecule has 0 unspecified atom stereocenters. The van der Waals surface area contributed by atoms with Crippen LogP contribution in [0.2, 0.25) is 0 Å². The summed E-state index contributed by atoms with van der Waals surface area (Å²) in [7, 11) is 0. The molecule has 0 aliphatic rings. The SMILES string of the molecule is C=C.C=C.C=C.C=C.Cl.NCc1ccccc1. The third kappa shape index (κ3) is 31.4. The summed E-state index contributed by atoms with van der Waals surface area (Å²) >= 11 is 0. The Morgan fingerprint density at radius 1 is 0.706 bits per heavy atom. The van der Waals surface area contributed by atoms with Gasteiger partial charge in [-0.05, 0) is 5.56 Å². The van der Waals surface area contributed by atoms with E-state index in [2.05, 4.69) is 52.6 Å². The van der Waals surface area contributed by atoms with Gasteiger partial charge >= 0.3 is 0 Å². The van der Waals surface area contributed by atoms with Crippen LogP contribution in [0.25, 0.3) is 0 Å². The highest BCUT2D eigenvalue weighted by molar-refractivity contribution is 5.85. The van der Waals surface area contributed by atoms with Crippen LogP contribution >= 0.6 is 12.4 Å². The Balaban J connectivity index is -0.0000000462. The fraction of sp³-hybridized carbons (Fsp3) is 0.0667. The number of benzene rings is 1. The van der Waals surface area contributed by atoms with E-state index in [1.54, 1.807) is 0 Å². The number of nitrogens with two attached hydrogens (primary N) is 1. The van der Waals surface area contributed by atoms with Crippen LogP contribution in [-0.4, -0.2) is 0 Å². The van der Waals surface area contributed by atoms with Crippen molar-refractivity contribution in [2.24, 2.45) is 5.73 Å². The summed E-state index contributed by atoms with van der Waals surface area (Å²) in [5, 5.41) is 0. The van der Waals surface area contributed by atoms with Crippen molar-refractivity contribution in [1.82, 2.24) is 0 Å². The van der Waals surface area contributed by atoms with Crippen molar-refractivity contribution in [3.8, 4) is 0 Å². The Morgan fingerprint density at radius 3 is 1.18 bits per heavy atom. The summed E-state index contributed by atoms with van der Waals surface area (Å²) in [6.07, 6.45) is 0. The van der Waals surface area contributed by atoms with E-state index >= 15 is 0 Å². The molecule has 0 aliphatic carbocycles. The molecule has 0 aliphatic heterocycles. The van der Waals surface area contributed by atoms with Gasteiger partial charge in [-0.1, -0.05) is 30.3 Å². The summed E-state index contributed by atoms with van der Waals surface area (Å²) in [6.45, 7) is 24.6. The largest absolute Gasteiger partial charge is 0.326 e. The molecule has 1 nitrogen and oxygen atoms in total. The van der Waals surface area contributed by atoms with Crippen LogP contribution in [0, 0.1) is 0 Å². The van der Waals surface area contributed by atoms with E-state index in [0.29, 0.717) is 6.54 Å². The van der Waals surface area contributed by atoms with Gasteiger partial charge < -0.3 is 5.73 Å². The molecule has 2 N–H and O–H groups in total. The zero-order chi connectivity index (χ0) is 13.8. The van der Waals surface area contributed by atoms with Crippen molar-refractivity contribution in [2.75, 3.05) is 0 Å². The number of rotatable bonds is 1. The molecule has 0 bridgehead atoms. The van der Waals surface area contributed by atoms with Crippen molar-refractivity contribution in [3.63, 3.8) is 0 Å². The van der Waals surface area contributed by atoms with Gasteiger partial charge in [-0.15, -0.1) is 65.0 Å². The Labute approximate surface area is 113 Å². The maximum absolute atomic E-state index is 5.35. The average Bonchev–Trinajstić information content (AvgIpc) is 2.48. The molecule has 1 aromatic carbocycles. The molecule has 1 rings (SSSR count). The molecule has 0 atom stereocenters. The van der Waals surface area contributed by atoms with Gasteiger partial charge in [0.25, 0.3) is 0 Å². The minimum absolute atomic E-state index is 0. The van der Waals surface area contributed by atoms with E-state index in [1.165, 1.54) is 5.56 Å². The van der Waals surface area contributed by atoms with Crippen LogP contribution in [0.1, 0.15) is 5.56 Å². The van der Waals surface area contributed by atoms with Gasteiger partial charge in [0.1, 0.15) is 0 Å². The van der Waals surface area contributed by atoms with Gasteiger partial charge in [0, 0.05) is 6.54 Å². The van der Waals surface area contributed by atoms with Crippen molar-refractivity contribution >= 4 is 12.4 Å². The Hall–Kier alpha value is -1.57. The maximum Gasteiger partial charge on any atom is 0.0178 e. The summed E-state index contributed by atoms with van der Waals surface area (Å²) < 4.78 is 0. The maximum atomic E-state index is 5.35. The van der Waals surface area contributed by atoms with Gasteiger partial charge in [-0.3, -0.25) is 0 Å². The summed E-state index contributed by atoms with van der Waals surface area (Å²) in [5.41, 5.74) is 6.54. The Bertz CT molecular complexity index is 191. The second kappa shape index (κ2) is 47.1. The third-order valence-electron chi connectivity index (χ3n) is 1.08. The lowest BCUT2D eigenvalue weighted by Gasteiger charge is -1.90. The second-order valence-corrected chi connectivity index (χ2v) is 1.69. The van der Waals surface area contributed by atoms with Crippen LogP contribution < -0.4 is 5.73 Å². The monoisotopic (exact) mass is 255 g/mol. The van der Waals surface area contributed by atoms with E-state index in [0.717, 1.165) is 0 Å². The van der Waals surface area contributed by atoms with Crippen LogP contribution in [0.5, 0.6) is 0 Å². The predicted octanol–water partition coefficient (Wildman–Crippen LogP) is 4.78. The van der Waals surface area contributed by atoms with Crippen molar-refractivity contribution < 1.29 is 0 Å². The van der Waals surface area contributed by atoms with Gasteiger partial charge in [-0.25, -0.2) is 0 Å². The Morgan fingerprint density at radius 2 is 1.00 bits per heavy atom. The number of hydrogen-bond acceptors (Lipinski definition) is 1. The quantitative estimate of drug-likeness (QED) is 0.719. The fourth-order valence-electron chi connectivity index (χ4n) is 0.614. The lowest BCUT2D eigenvalue weighted by atomic mass is 10.2. The molecule has 17 heavy (non-hydrogen) atoms. The zero-order valence-corrected chi connectivity index (χ0v) is 11.6. The molecular formula is C15H26ClN. The van der Waals surface area contributed by atoms with Crippen molar-refractivity contribution in [3.05, 3.63) is 88.5 Å². The van der Waals surface area contributed by atoms with Gasteiger partial charge in [-0.2, -0.15) is 0 Å². The van der Waals surface area contributed by atoms with Gasteiger partial charge in [0.2, 0.25) is 0 Å². The summed E-state index contributed by atoms with van der Waals surface area (Å²) in [5.74, 6) is 0. The van der Waals surface area contributed by atoms with Gasteiger partial charge in [0.15, 0.2) is 0 Å². The Kier molecular flexibility index (Phi) is 81.9. The van der Waals surface area contributed by atoms with Crippen LogP contribution in [0.15, 0.2) is 83.0 Å². The minimum atomic E-state index is 0. The van der Waals surface area contributed by atoms with Gasteiger partial charge in [0.05, 0.1) is 0 Å². The van der Waals surface area contributed by atoms with Crippen molar-refractivity contribution in [2.45, 2.75) is 6.54 Å². The second-order valence-electron chi connectivity index (χ2n) is 1.69. The molecule has 0 fully saturated rings. The molecule has 0 heterocycles. The molecule has 0 amide bonds. The molecule has 0 spiro atoms. The van der Waals surface area contributed by atoms with Crippen LogP contribution in [0.4, 0.5) is 0 Å². The summed E-state index contributed by atoms with van der Waals surface area (Å²) in [4.78, 5) is 0. The molecule has 0 saturated heterocycles. The van der Waals surface area contributed by atoms with E-state index in [4.69, 9.17) is 5.73 Å². The highest BCUT2D eigenvalue weighted by Crippen LogP contribution is 1.94. The van der Waals surface area contributed by atoms with E-state index in [-0.39, 0.29) is 12.4 Å². The first-order valence-corrected chi connectivity index (χ1v) is 4.67. The normalized spacial score (nSPS) is 5.24. The standard InChI is InChI=1S/C7H9N.4C2H4.ClH/c8-6-7-4-2-1-3-5-7;4*1-2;/h1-5H,6,8H2;4*1-2H2;1H. The molecule has 0 aromatic heterocycles. The highest BCUT2D eigenvalue weighted by Gasteiger charge is 1.80. The number of hydrogen-bond donors (Lipinski definition) is 1. The average molecular weight is 256 g/mol. The fourth-order valence-corrected chi connectivity index (χ4v) is 0.614. The lowest BCUT2D eigenvalue weighted by Crippen LogP contribution is -1.94. The lowest BCUT2D eigenvalue weighted by molar-refractivity contribution is 1.07. The first kappa shape index (κ1) is 29.5. The summed E-state index contributed by atoms with van der Waals surface area (Å²) in [6, 6.07) is 9.99. The van der Waals surface area contributed by atoms with Crippen LogP contribution in [-0.2, 0) is 6.54 Å². The smallest absolute Gasteiger partial charge is 0.0178 e.